The summed E-state index contributed by atoms with van der Waals surface area (Å²) < 4.78 is 24.1. The smallest absolute Gasteiger partial charge is 0.315 e. The summed E-state index contributed by atoms with van der Waals surface area (Å²) in [6, 6.07) is 4.31. The number of hydrogen-bond donors (Lipinski definition) is 0. The summed E-state index contributed by atoms with van der Waals surface area (Å²) in [7, 11) is 1.32. The Morgan fingerprint density at radius 1 is 1.11 bits per heavy atom. The molecule has 3 nitrogen and oxygen atoms in total. The Hall–Kier alpha value is -1.58. The molecular formula is C15H21FO3. The molecule has 0 aliphatic heterocycles. The Balaban J connectivity index is 3.20. The Morgan fingerprint density at radius 2 is 1.68 bits per heavy atom. The summed E-state index contributed by atoms with van der Waals surface area (Å²) in [5.74, 6) is -0.451. The van der Waals surface area contributed by atoms with Gasteiger partial charge in [0.1, 0.15) is 17.2 Å². The zero-order valence-corrected chi connectivity index (χ0v) is 12.3. The van der Waals surface area contributed by atoms with Crippen LogP contribution in [0.5, 0.6) is 5.75 Å². The van der Waals surface area contributed by atoms with E-state index in [0.717, 1.165) is 0 Å². The molecule has 0 amide bonds. The number of ether oxygens (including phenoxy) is 2. The van der Waals surface area contributed by atoms with Gasteiger partial charge in [-0.1, -0.05) is 0 Å². The van der Waals surface area contributed by atoms with Crippen molar-refractivity contribution in [3.8, 4) is 5.75 Å². The highest BCUT2D eigenvalue weighted by atomic mass is 19.1. The summed E-state index contributed by atoms with van der Waals surface area (Å²) in [6.45, 7) is 9.01. The van der Waals surface area contributed by atoms with Crippen LogP contribution in [-0.2, 0) is 14.9 Å². The van der Waals surface area contributed by atoms with Crippen LogP contribution in [-0.4, -0.2) is 18.7 Å². The quantitative estimate of drug-likeness (QED) is 0.788. The van der Waals surface area contributed by atoms with Gasteiger partial charge in [-0.2, -0.15) is 0 Å². The van der Waals surface area contributed by atoms with Crippen LogP contribution < -0.4 is 4.74 Å². The average molecular weight is 268 g/mol. The third-order valence-corrected chi connectivity index (χ3v) is 2.71. The molecular weight excluding hydrogens is 247 g/mol. The normalized spacial score (nSPS) is 12.2. The highest BCUT2D eigenvalue weighted by Gasteiger charge is 2.32. The number of halogens is 1. The lowest BCUT2D eigenvalue weighted by Gasteiger charge is -2.25. The maximum Gasteiger partial charge on any atom is 0.315 e. The molecule has 0 fully saturated rings. The molecule has 4 heteroatoms. The van der Waals surface area contributed by atoms with Gasteiger partial charge in [-0.15, -0.1) is 0 Å². The summed E-state index contributed by atoms with van der Waals surface area (Å²) in [4.78, 5) is 11.8. The summed E-state index contributed by atoms with van der Waals surface area (Å²) in [5.41, 5.74) is -0.827. The first-order valence-electron chi connectivity index (χ1n) is 6.15. The molecule has 106 valence electrons. The zero-order chi connectivity index (χ0) is 14.8. The van der Waals surface area contributed by atoms with Crippen molar-refractivity contribution in [2.24, 2.45) is 0 Å². The molecule has 0 spiro atoms. The maximum atomic E-state index is 13.7. The van der Waals surface area contributed by atoms with E-state index in [1.165, 1.54) is 19.2 Å². The van der Waals surface area contributed by atoms with E-state index in [1.54, 1.807) is 19.9 Å². The molecule has 0 saturated carbocycles. The standard InChI is InChI=1S/C15H21FO3/c1-14(2,3)19-12-8-10(7-11(16)9-12)15(4,5)13(17)18-6/h7-9H,1-6H3. The molecule has 0 atom stereocenters. The van der Waals surface area contributed by atoms with Crippen molar-refractivity contribution in [1.82, 2.24) is 0 Å². The maximum absolute atomic E-state index is 13.7. The molecule has 0 saturated heterocycles. The summed E-state index contributed by atoms with van der Waals surface area (Å²) in [5, 5.41) is 0. The Morgan fingerprint density at radius 3 is 2.16 bits per heavy atom. The Kier molecular flexibility index (Phi) is 4.23. The van der Waals surface area contributed by atoms with Gasteiger partial charge in [0.2, 0.25) is 0 Å². The van der Waals surface area contributed by atoms with Gasteiger partial charge in [0.25, 0.3) is 0 Å². The van der Waals surface area contributed by atoms with Gasteiger partial charge in [-0.05, 0) is 52.3 Å². The van der Waals surface area contributed by atoms with Crippen LogP contribution in [0.4, 0.5) is 4.39 Å². The molecule has 0 unspecified atom stereocenters. The molecule has 1 aromatic carbocycles. The van der Waals surface area contributed by atoms with Gasteiger partial charge in [0, 0.05) is 6.07 Å². The van der Waals surface area contributed by atoms with Gasteiger partial charge in [-0.3, -0.25) is 4.79 Å². The molecule has 0 bridgehead atoms. The van der Waals surface area contributed by atoms with E-state index in [2.05, 4.69) is 0 Å². The van der Waals surface area contributed by atoms with Crippen molar-refractivity contribution in [1.29, 1.82) is 0 Å². The zero-order valence-electron chi connectivity index (χ0n) is 12.3. The minimum Gasteiger partial charge on any atom is -0.488 e. The van der Waals surface area contributed by atoms with E-state index in [-0.39, 0.29) is 0 Å². The molecule has 19 heavy (non-hydrogen) atoms. The second-order valence-corrected chi connectivity index (χ2v) is 6.01. The molecule has 0 radical (unpaired) electrons. The third kappa shape index (κ3) is 3.94. The molecule has 0 aliphatic carbocycles. The van der Waals surface area contributed by atoms with Crippen molar-refractivity contribution in [3.63, 3.8) is 0 Å². The van der Waals surface area contributed by atoms with Gasteiger partial charge in [-0.25, -0.2) is 4.39 Å². The number of methoxy groups -OCH3 is 1. The number of esters is 1. The molecule has 0 aliphatic rings. The monoisotopic (exact) mass is 268 g/mol. The minimum absolute atomic E-state index is 0.402. The van der Waals surface area contributed by atoms with Crippen LogP contribution in [0.3, 0.4) is 0 Å². The fourth-order valence-corrected chi connectivity index (χ4v) is 1.71. The highest BCUT2D eigenvalue weighted by molar-refractivity contribution is 5.82. The third-order valence-electron chi connectivity index (χ3n) is 2.71. The van der Waals surface area contributed by atoms with E-state index in [4.69, 9.17) is 9.47 Å². The van der Waals surface area contributed by atoms with Crippen molar-refractivity contribution in [2.45, 2.75) is 45.6 Å². The number of rotatable bonds is 3. The van der Waals surface area contributed by atoms with Crippen LogP contribution in [0.25, 0.3) is 0 Å². The van der Waals surface area contributed by atoms with Crippen molar-refractivity contribution >= 4 is 5.97 Å². The fraction of sp³-hybridized carbons (Fsp3) is 0.533. The van der Waals surface area contributed by atoms with E-state index < -0.39 is 22.8 Å². The van der Waals surface area contributed by atoms with Gasteiger partial charge in [0.15, 0.2) is 0 Å². The summed E-state index contributed by atoms with van der Waals surface area (Å²) >= 11 is 0. The minimum atomic E-state index is -0.924. The van der Waals surface area contributed by atoms with Crippen LogP contribution >= 0.6 is 0 Å². The lowest BCUT2D eigenvalue weighted by atomic mass is 9.84. The topological polar surface area (TPSA) is 35.5 Å². The molecule has 1 aromatic rings. The second-order valence-electron chi connectivity index (χ2n) is 6.01. The van der Waals surface area contributed by atoms with Gasteiger partial charge >= 0.3 is 5.97 Å². The van der Waals surface area contributed by atoms with Gasteiger partial charge in [0.05, 0.1) is 12.5 Å². The van der Waals surface area contributed by atoms with Crippen molar-refractivity contribution < 1.29 is 18.7 Å². The molecule has 0 heterocycles. The Bertz CT molecular complexity index is 473. The Labute approximate surface area is 113 Å². The number of benzene rings is 1. The van der Waals surface area contributed by atoms with Crippen molar-refractivity contribution in [3.05, 3.63) is 29.6 Å². The molecule has 1 rings (SSSR count). The van der Waals surface area contributed by atoms with E-state index >= 15 is 0 Å². The van der Waals surface area contributed by atoms with Crippen LogP contribution in [0.2, 0.25) is 0 Å². The molecule has 0 N–H and O–H groups in total. The van der Waals surface area contributed by atoms with E-state index in [0.29, 0.717) is 11.3 Å². The lowest BCUT2D eigenvalue weighted by Crippen LogP contribution is -2.30. The second kappa shape index (κ2) is 5.19. The largest absolute Gasteiger partial charge is 0.488 e. The van der Waals surface area contributed by atoms with Crippen LogP contribution in [0, 0.1) is 5.82 Å². The SMILES string of the molecule is COC(=O)C(C)(C)c1cc(F)cc(OC(C)(C)C)c1. The van der Waals surface area contributed by atoms with E-state index in [9.17, 15) is 9.18 Å². The van der Waals surface area contributed by atoms with Crippen molar-refractivity contribution in [2.75, 3.05) is 7.11 Å². The molecule has 0 aromatic heterocycles. The first-order chi connectivity index (χ1) is 8.56. The lowest BCUT2D eigenvalue weighted by molar-refractivity contribution is -0.146. The first kappa shape index (κ1) is 15.5. The first-order valence-corrected chi connectivity index (χ1v) is 6.15. The summed E-state index contributed by atoms with van der Waals surface area (Å²) in [6.07, 6.45) is 0. The number of carbonyl (C=O) groups excluding carboxylic acids is 1. The fourth-order valence-electron chi connectivity index (χ4n) is 1.71. The highest BCUT2D eigenvalue weighted by Crippen LogP contribution is 2.30. The number of hydrogen-bond acceptors (Lipinski definition) is 3. The predicted octanol–water partition coefficient (Wildman–Crippen LogP) is 3.45. The number of carbonyl (C=O) groups is 1. The van der Waals surface area contributed by atoms with Crippen LogP contribution in [0.1, 0.15) is 40.2 Å². The average Bonchev–Trinajstić information content (AvgIpc) is 2.24. The van der Waals surface area contributed by atoms with E-state index in [1.807, 2.05) is 20.8 Å². The van der Waals surface area contributed by atoms with Gasteiger partial charge < -0.3 is 9.47 Å². The predicted molar refractivity (Wildman–Crippen MR) is 71.8 cm³/mol. The van der Waals surface area contributed by atoms with Crippen LogP contribution in [0.15, 0.2) is 18.2 Å².